The summed E-state index contributed by atoms with van der Waals surface area (Å²) < 4.78 is 5.56. The Kier molecular flexibility index (Phi) is 4.68. The minimum Gasteiger partial charge on any atom is -0.466 e. The first kappa shape index (κ1) is 15.2. The molecule has 2 rings (SSSR count). The lowest BCUT2D eigenvalue weighted by atomic mass is 10.1. The molecular weight excluding hydrogens is 264 g/mol. The van der Waals surface area contributed by atoms with Crippen LogP contribution in [0.15, 0.2) is 34.7 Å². The second kappa shape index (κ2) is 6.48. The molecule has 1 atom stereocenters. The number of hydrogen-bond donors (Lipinski definition) is 2. The van der Waals surface area contributed by atoms with Gasteiger partial charge in [0.15, 0.2) is 0 Å². The highest BCUT2D eigenvalue weighted by molar-refractivity contribution is 5.94. The predicted molar refractivity (Wildman–Crippen MR) is 84.7 cm³/mol. The molecule has 4 nitrogen and oxygen atoms in total. The first-order valence-corrected chi connectivity index (χ1v) is 7.23. The van der Waals surface area contributed by atoms with E-state index in [0.717, 1.165) is 22.8 Å². The third-order valence-corrected chi connectivity index (χ3v) is 3.41. The van der Waals surface area contributed by atoms with Crippen LogP contribution in [0.1, 0.15) is 47.3 Å². The van der Waals surface area contributed by atoms with Crippen molar-refractivity contribution in [2.45, 2.75) is 33.7 Å². The Bertz CT molecular complexity index is 614. The molecule has 1 heterocycles. The van der Waals surface area contributed by atoms with Crippen molar-refractivity contribution in [2.24, 2.45) is 0 Å². The van der Waals surface area contributed by atoms with Gasteiger partial charge in [0.25, 0.3) is 5.91 Å². The highest BCUT2D eigenvalue weighted by Gasteiger charge is 2.12. The van der Waals surface area contributed by atoms with Gasteiger partial charge in [-0.3, -0.25) is 4.79 Å². The van der Waals surface area contributed by atoms with Gasteiger partial charge in [-0.1, -0.05) is 0 Å². The van der Waals surface area contributed by atoms with E-state index in [-0.39, 0.29) is 11.9 Å². The van der Waals surface area contributed by atoms with E-state index in [1.54, 1.807) is 0 Å². The molecule has 0 saturated heterocycles. The van der Waals surface area contributed by atoms with Crippen LogP contribution in [-0.4, -0.2) is 12.5 Å². The van der Waals surface area contributed by atoms with Crippen LogP contribution in [0.25, 0.3) is 0 Å². The van der Waals surface area contributed by atoms with Gasteiger partial charge in [-0.2, -0.15) is 0 Å². The maximum absolute atomic E-state index is 11.7. The second-order valence-electron chi connectivity index (χ2n) is 5.17. The van der Waals surface area contributed by atoms with E-state index in [1.165, 1.54) is 0 Å². The topological polar surface area (TPSA) is 54.3 Å². The number of carbonyl (C=O) groups is 1. The van der Waals surface area contributed by atoms with Crippen molar-refractivity contribution in [3.63, 3.8) is 0 Å². The number of anilines is 1. The molecule has 1 unspecified atom stereocenters. The van der Waals surface area contributed by atoms with Crippen molar-refractivity contribution in [1.29, 1.82) is 0 Å². The maximum Gasteiger partial charge on any atom is 0.251 e. The van der Waals surface area contributed by atoms with E-state index in [0.29, 0.717) is 12.1 Å². The summed E-state index contributed by atoms with van der Waals surface area (Å²) in [6.07, 6.45) is 0. The van der Waals surface area contributed by atoms with E-state index in [1.807, 2.05) is 45.0 Å². The smallest absolute Gasteiger partial charge is 0.251 e. The van der Waals surface area contributed by atoms with Crippen LogP contribution in [-0.2, 0) is 0 Å². The van der Waals surface area contributed by atoms with Crippen LogP contribution in [0, 0.1) is 13.8 Å². The number of furan rings is 1. The third kappa shape index (κ3) is 3.66. The minimum absolute atomic E-state index is 0.0431. The molecule has 112 valence electrons. The summed E-state index contributed by atoms with van der Waals surface area (Å²) in [7, 11) is 0. The highest BCUT2D eigenvalue weighted by Crippen LogP contribution is 2.25. The summed E-state index contributed by atoms with van der Waals surface area (Å²) in [5, 5.41) is 6.21. The normalized spacial score (nSPS) is 12.0. The molecular formula is C17H22N2O2. The SMILES string of the molecule is CCNC(=O)c1ccc(NC(C)c2cc(C)oc2C)cc1. The molecule has 2 aromatic rings. The minimum atomic E-state index is -0.0431. The summed E-state index contributed by atoms with van der Waals surface area (Å²) in [6, 6.07) is 9.70. The van der Waals surface area contributed by atoms with Crippen LogP contribution >= 0.6 is 0 Å². The van der Waals surface area contributed by atoms with Gasteiger partial charge in [-0.25, -0.2) is 0 Å². The molecule has 0 aliphatic carbocycles. The Morgan fingerprint density at radius 1 is 1.24 bits per heavy atom. The number of rotatable bonds is 5. The fourth-order valence-electron chi connectivity index (χ4n) is 2.39. The van der Waals surface area contributed by atoms with E-state index < -0.39 is 0 Å². The van der Waals surface area contributed by atoms with E-state index in [9.17, 15) is 4.79 Å². The molecule has 0 aliphatic rings. The molecule has 0 aliphatic heterocycles. The number of aryl methyl sites for hydroxylation is 2. The average molecular weight is 286 g/mol. The number of hydrogen-bond acceptors (Lipinski definition) is 3. The van der Waals surface area contributed by atoms with Crippen molar-refractivity contribution in [2.75, 3.05) is 11.9 Å². The van der Waals surface area contributed by atoms with Crippen molar-refractivity contribution in [1.82, 2.24) is 5.32 Å². The summed E-state index contributed by atoms with van der Waals surface area (Å²) in [5.74, 6) is 1.81. The summed E-state index contributed by atoms with van der Waals surface area (Å²) in [6.45, 7) is 8.55. The first-order valence-electron chi connectivity index (χ1n) is 7.23. The summed E-state index contributed by atoms with van der Waals surface area (Å²) >= 11 is 0. The van der Waals surface area contributed by atoms with Gasteiger partial charge in [0.2, 0.25) is 0 Å². The van der Waals surface area contributed by atoms with Gasteiger partial charge >= 0.3 is 0 Å². The monoisotopic (exact) mass is 286 g/mol. The van der Waals surface area contributed by atoms with Gasteiger partial charge in [-0.15, -0.1) is 0 Å². The average Bonchev–Trinajstić information content (AvgIpc) is 2.79. The first-order chi connectivity index (χ1) is 10.0. The Labute approximate surface area is 125 Å². The highest BCUT2D eigenvalue weighted by atomic mass is 16.3. The van der Waals surface area contributed by atoms with Gasteiger partial charge < -0.3 is 15.1 Å². The largest absolute Gasteiger partial charge is 0.466 e. The van der Waals surface area contributed by atoms with Gasteiger partial charge in [0.1, 0.15) is 11.5 Å². The van der Waals surface area contributed by atoms with Gasteiger partial charge in [0, 0.05) is 23.4 Å². The molecule has 1 amide bonds. The van der Waals surface area contributed by atoms with E-state index in [2.05, 4.69) is 23.6 Å². The summed E-state index contributed by atoms with van der Waals surface area (Å²) in [5.41, 5.74) is 2.81. The predicted octanol–water partition coefficient (Wildman–Crippen LogP) is 3.82. The number of nitrogens with one attached hydrogen (secondary N) is 2. The van der Waals surface area contributed by atoms with E-state index in [4.69, 9.17) is 4.42 Å². The number of benzene rings is 1. The van der Waals surface area contributed by atoms with Crippen LogP contribution in [0.5, 0.6) is 0 Å². The lowest BCUT2D eigenvalue weighted by Crippen LogP contribution is -2.22. The van der Waals surface area contributed by atoms with Crippen molar-refractivity contribution >= 4 is 11.6 Å². The molecule has 4 heteroatoms. The molecule has 0 spiro atoms. The van der Waals surface area contributed by atoms with Crippen LogP contribution in [0.4, 0.5) is 5.69 Å². The molecule has 1 aromatic heterocycles. The van der Waals surface area contributed by atoms with Crippen LogP contribution in [0.3, 0.4) is 0 Å². The standard InChI is InChI=1S/C17H22N2O2/c1-5-18-17(20)14-6-8-15(9-7-14)19-12(3)16-10-11(2)21-13(16)4/h6-10,12,19H,5H2,1-4H3,(H,18,20). The zero-order valence-electron chi connectivity index (χ0n) is 13.0. The molecule has 2 N–H and O–H groups in total. The molecule has 1 aromatic carbocycles. The zero-order valence-corrected chi connectivity index (χ0v) is 13.0. The lowest BCUT2D eigenvalue weighted by Gasteiger charge is -2.15. The van der Waals surface area contributed by atoms with Crippen LogP contribution < -0.4 is 10.6 Å². The van der Waals surface area contributed by atoms with Crippen molar-refractivity contribution in [3.8, 4) is 0 Å². The summed E-state index contributed by atoms with van der Waals surface area (Å²) in [4.78, 5) is 11.7. The molecule has 0 radical (unpaired) electrons. The Balaban J connectivity index is 2.06. The Hall–Kier alpha value is -2.23. The fraction of sp³-hybridized carbons (Fsp3) is 0.353. The fourth-order valence-corrected chi connectivity index (χ4v) is 2.39. The number of amides is 1. The Morgan fingerprint density at radius 3 is 2.43 bits per heavy atom. The quantitative estimate of drug-likeness (QED) is 0.878. The van der Waals surface area contributed by atoms with Crippen molar-refractivity contribution < 1.29 is 9.21 Å². The third-order valence-electron chi connectivity index (χ3n) is 3.41. The molecule has 0 saturated carbocycles. The second-order valence-corrected chi connectivity index (χ2v) is 5.17. The van der Waals surface area contributed by atoms with Crippen LogP contribution in [0.2, 0.25) is 0 Å². The zero-order chi connectivity index (χ0) is 15.4. The lowest BCUT2D eigenvalue weighted by molar-refractivity contribution is 0.0956. The van der Waals surface area contributed by atoms with Gasteiger partial charge in [0.05, 0.1) is 6.04 Å². The van der Waals surface area contributed by atoms with E-state index >= 15 is 0 Å². The Morgan fingerprint density at radius 2 is 1.90 bits per heavy atom. The molecule has 0 fully saturated rings. The van der Waals surface area contributed by atoms with Crippen molar-refractivity contribution in [3.05, 3.63) is 53.0 Å². The molecule has 21 heavy (non-hydrogen) atoms. The molecule has 0 bridgehead atoms. The van der Waals surface area contributed by atoms with Gasteiger partial charge in [-0.05, 0) is 58.0 Å². The number of carbonyl (C=O) groups excluding carboxylic acids is 1. The maximum atomic E-state index is 11.7.